The number of nitrogens with zero attached hydrogens (tertiary/aromatic N) is 2. The molecule has 1 N–H and O–H groups in total. The molecule has 1 aromatic carbocycles. The van der Waals surface area contributed by atoms with Crippen molar-refractivity contribution >= 4 is 11.6 Å². The number of aromatic nitrogens is 2. The maximum Gasteiger partial charge on any atom is 0.124 e. The summed E-state index contributed by atoms with van der Waals surface area (Å²) >= 11 is 6.21. The summed E-state index contributed by atoms with van der Waals surface area (Å²) in [4.78, 5) is 0. The van der Waals surface area contributed by atoms with Gasteiger partial charge in [0, 0.05) is 23.3 Å². The van der Waals surface area contributed by atoms with Crippen LogP contribution in [0.1, 0.15) is 43.9 Å². The van der Waals surface area contributed by atoms with E-state index in [0.29, 0.717) is 5.02 Å². The zero-order valence-electron chi connectivity index (χ0n) is 12.4. The smallest absolute Gasteiger partial charge is 0.124 e. The van der Waals surface area contributed by atoms with Crippen LogP contribution in [0.5, 0.6) is 0 Å². The highest BCUT2D eigenvalue weighted by molar-refractivity contribution is 6.31. The first-order valence-corrected chi connectivity index (χ1v) is 7.74. The molecule has 0 amide bonds. The van der Waals surface area contributed by atoms with Crippen LogP contribution in [0.15, 0.2) is 30.6 Å². The minimum Gasteiger partial charge on any atom is -0.306 e. The summed E-state index contributed by atoms with van der Waals surface area (Å²) in [5, 5.41) is 8.26. The second kappa shape index (κ2) is 7.57. The Bertz CT molecular complexity index is 583. The maximum atomic E-state index is 13.2. The van der Waals surface area contributed by atoms with Crippen molar-refractivity contribution in [2.45, 2.75) is 39.3 Å². The van der Waals surface area contributed by atoms with E-state index in [-0.39, 0.29) is 11.9 Å². The summed E-state index contributed by atoms with van der Waals surface area (Å²) < 4.78 is 15.2. The van der Waals surface area contributed by atoms with Crippen molar-refractivity contribution in [3.8, 4) is 0 Å². The molecule has 2 rings (SSSR count). The van der Waals surface area contributed by atoms with Gasteiger partial charge in [-0.15, -0.1) is 0 Å². The van der Waals surface area contributed by atoms with Gasteiger partial charge >= 0.3 is 0 Å². The van der Waals surface area contributed by atoms with E-state index in [1.165, 1.54) is 12.1 Å². The zero-order chi connectivity index (χ0) is 15.2. The van der Waals surface area contributed by atoms with Gasteiger partial charge in [0.2, 0.25) is 0 Å². The number of hydrogen-bond acceptors (Lipinski definition) is 2. The van der Waals surface area contributed by atoms with Gasteiger partial charge < -0.3 is 5.32 Å². The van der Waals surface area contributed by atoms with Crippen LogP contribution in [0.4, 0.5) is 4.39 Å². The lowest BCUT2D eigenvalue weighted by Gasteiger charge is -2.19. The van der Waals surface area contributed by atoms with Crippen LogP contribution in [0.3, 0.4) is 0 Å². The Labute approximate surface area is 130 Å². The van der Waals surface area contributed by atoms with Crippen molar-refractivity contribution in [3.05, 3.63) is 52.6 Å². The SMILES string of the molecule is CCCNC(c1cnn(CCC)c1)c1ccc(F)cc1Cl. The van der Waals surface area contributed by atoms with E-state index in [2.05, 4.69) is 24.3 Å². The van der Waals surface area contributed by atoms with Gasteiger partial charge in [-0.05, 0) is 37.1 Å². The van der Waals surface area contributed by atoms with Crippen molar-refractivity contribution < 1.29 is 4.39 Å². The lowest BCUT2D eigenvalue weighted by atomic mass is 10.0. The number of halogens is 2. The molecule has 0 fully saturated rings. The standard InChI is InChI=1S/C16H21ClFN3/c1-3-7-19-16(12-10-20-21(11-12)8-4-2)14-6-5-13(18)9-15(14)17/h5-6,9-11,16,19H,3-4,7-8H2,1-2H3. The first-order valence-electron chi connectivity index (χ1n) is 7.36. The van der Waals surface area contributed by atoms with Crippen LogP contribution in [0.25, 0.3) is 0 Å². The molecule has 5 heteroatoms. The van der Waals surface area contributed by atoms with E-state index in [1.54, 1.807) is 6.07 Å². The van der Waals surface area contributed by atoms with Crippen LogP contribution in [0.2, 0.25) is 5.02 Å². The molecule has 0 aliphatic heterocycles. The Balaban J connectivity index is 2.32. The molecule has 0 saturated heterocycles. The molecule has 1 heterocycles. The largest absolute Gasteiger partial charge is 0.306 e. The monoisotopic (exact) mass is 309 g/mol. The molecule has 0 aliphatic carbocycles. The summed E-state index contributed by atoms with van der Waals surface area (Å²) in [5.74, 6) is -0.320. The fourth-order valence-electron chi connectivity index (χ4n) is 2.31. The minimum absolute atomic E-state index is 0.0661. The normalized spacial score (nSPS) is 12.6. The lowest BCUT2D eigenvalue weighted by molar-refractivity contribution is 0.585. The summed E-state index contributed by atoms with van der Waals surface area (Å²) in [6, 6.07) is 4.47. The average Bonchev–Trinajstić information content (AvgIpc) is 2.90. The van der Waals surface area contributed by atoms with Crippen molar-refractivity contribution in [1.82, 2.24) is 15.1 Å². The molecule has 1 unspecified atom stereocenters. The molecule has 1 atom stereocenters. The van der Waals surface area contributed by atoms with Crippen molar-refractivity contribution in [2.24, 2.45) is 0 Å². The summed E-state index contributed by atoms with van der Waals surface area (Å²) in [6.07, 6.45) is 5.92. The Kier molecular flexibility index (Phi) is 5.76. The second-order valence-corrected chi connectivity index (χ2v) is 5.50. The topological polar surface area (TPSA) is 29.9 Å². The van der Waals surface area contributed by atoms with Crippen molar-refractivity contribution in [1.29, 1.82) is 0 Å². The van der Waals surface area contributed by atoms with E-state index in [9.17, 15) is 4.39 Å². The number of nitrogens with one attached hydrogen (secondary N) is 1. The Morgan fingerprint density at radius 1 is 1.33 bits per heavy atom. The Morgan fingerprint density at radius 2 is 2.14 bits per heavy atom. The van der Waals surface area contributed by atoms with Gasteiger partial charge in [-0.2, -0.15) is 5.10 Å². The summed E-state index contributed by atoms with van der Waals surface area (Å²) in [6.45, 7) is 5.97. The van der Waals surface area contributed by atoms with E-state index >= 15 is 0 Å². The molecule has 0 radical (unpaired) electrons. The predicted molar refractivity (Wildman–Crippen MR) is 84.1 cm³/mol. The maximum absolute atomic E-state index is 13.2. The van der Waals surface area contributed by atoms with Gasteiger partial charge in [-0.1, -0.05) is 31.5 Å². The number of benzene rings is 1. The molecular weight excluding hydrogens is 289 g/mol. The zero-order valence-corrected chi connectivity index (χ0v) is 13.2. The molecule has 3 nitrogen and oxygen atoms in total. The highest BCUT2D eigenvalue weighted by atomic mass is 35.5. The van der Waals surface area contributed by atoms with E-state index in [1.807, 2.05) is 17.1 Å². The average molecular weight is 310 g/mol. The van der Waals surface area contributed by atoms with Gasteiger partial charge in [0.25, 0.3) is 0 Å². The first kappa shape index (κ1) is 16.0. The quantitative estimate of drug-likeness (QED) is 0.831. The van der Waals surface area contributed by atoms with Gasteiger partial charge in [0.15, 0.2) is 0 Å². The molecule has 21 heavy (non-hydrogen) atoms. The summed E-state index contributed by atoms with van der Waals surface area (Å²) in [5.41, 5.74) is 1.92. The molecule has 0 spiro atoms. The molecule has 114 valence electrons. The van der Waals surface area contributed by atoms with Crippen LogP contribution >= 0.6 is 11.6 Å². The fourth-order valence-corrected chi connectivity index (χ4v) is 2.59. The second-order valence-electron chi connectivity index (χ2n) is 5.09. The van der Waals surface area contributed by atoms with Crippen LogP contribution in [0, 0.1) is 5.82 Å². The van der Waals surface area contributed by atoms with E-state index < -0.39 is 0 Å². The Hall–Kier alpha value is -1.39. The predicted octanol–water partition coefficient (Wildman–Crippen LogP) is 4.17. The van der Waals surface area contributed by atoms with Crippen molar-refractivity contribution in [3.63, 3.8) is 0 Å². The fraction of sp³-hybridized carbons (Fsp3) is 0.438. The molecule has 0 saturated carbocycles. The molecule has 2 aromatic rings. The van der Waals surface area contributed by atoms with Crippen LogP contribution in [-0.4, -0.2) is 16.3 Å². The van der Waals surface area contributed by atoms with E-state index in [4.69, 9.17) is 11.6 Å². The minimum atomic E-state index is -0.320. The summed E-state index contributed by atoms with van der Waals surface area (Å²) in [7, 11) is 0. The van der Waals surface area contributed by atoms with Gasteiger partial charge in [0.1, 0.15) is 5.82 Å². The number of aryl methyl sites for hydroxylation is 1. The number of hydrogen-bond donors (Lipinski definition) is 1. The van der Waals surface area contributed by atoms with Crippen LogP contribution in [-0.2, 0) is 6.54 Å². The third-order valence-electron chi connectivity index (χ3n) is 3.31. The first-order chi connectivity index (χ1) is 10.2. The van der Waals surface area contributed by atoms with Crippen LogP contribution < -0.4 is 5.32 Å². The third kappa shape index (κ3) is 4.05. The van der Waals surface area contributed by atoms with Gasteiger partial charge in [0.05, 0.1) is 12.2 Å². The van der Waals surface area contributed by atoms with E-state index in [0.717, 1.165) is 37.1 Å². The molecule has 1 aromatic heterocycles. The third-order valence-corrected chi connectivity index (χ3v) is 3.64. The Morgan fingerprint density at radius 3 is 2.81 bits per heavy atom. The molecule has 0 bridgehead atoms. The lowest BCUT2D eigenvalue weighted by Crippen LogP contribution is -2.23. The highest BCUT2D eigenvalue weighted by Gasteiger charge is 2.18. The van der Waals surface area contributed by atoms with Gasteiger partial charge in [-0.25, -0.2) is 4.39 Å². The van der Waals surface area contributed by atoms with Gasteiger partial charge in [-0.3, -0.25) is 4.68 Å². The highest BCUT2D eigenvalue weighted by Crippen LogP contribution is 2.28. The molecule has 0 aliphatic rings. The number of rotatable bonds is 7. The molecular formula is C16H21ClFN3. The van der Waals surface area contributed by atoms with Crippen molar-refractivity contribution in [2.75, 3.05) is 6.54 Å².